The second kappa shape index (κ2) is 5.71. The number of hydrogen-bond donors (Lipinski definition) is 1. The Kier molecular flexibility index (Phi) is 3.72. The van der Waals surface area contributed by atoms with Gasteiger partial charge in [-0.15, -0.1) is 0 Å². The minimum absolute atomic E-state index is 0.806. The normalized spacial score (nSPS) is 10.5. The lowest BCUT2D eigenvalue weighted by Crippen LogP contribution is -1.97. The van der Waals surface area contributed by atoms with Crippen molar-refractivity contribution >= 4 is 11.8 Å². The number of hydrogen-bond acceptors (Lipinski definition) is 2. The standard InChI is InChI=1S/C14H14N2/c1-2-7-13(8-3-1)16-12-6-10-14-9-4-5-11-15-14/h1-11,16H,12H2. The molecule has 1 N–H and O–H groups in total. The molecule has 2 rings (SSSR count). The van der Waals surface area contributed by atoms with Gasteiger partial charge in [0.05, 0.1) is 5.69 Å². The highest BCUT2D eigenvalue weighted by Crippen LogP contribution is 2.04. The Balaban J connectivity index is 1.83. The summed E-state index contributed by atoms with van der Waals surface area (Å²) >= 11 is 0. The van der Waals surface area contributed by atoms with E-state index in [2.05, 4.69) is 28.5 Å². The van der Waals surface area contributed by atoms with Gasteiger partial charge < -0.3 is 5.32 Å². The number of aromatic nitrogens is 1. The van der Waals surface area contributed by atoms with Crippen LogP contribution in [0.5, 0.6) is 0 Å². The van der Waals surface area contributed by atoms with Crippen LogP contribution in [0, 0.1) is 0 Å². The van der Waals surface area contributed by atoms with Gasteiger partial charge >= 0.3 is 0 Å². The van der Waals surface area contributed by atoms with E-state index in [0.717, 1.165) is 17.9 Å². The van der Waals surface area contributed by atoms with Crippen LogP contribution in [-0.4, -0.2) is 11.5 Å². The summed E-state index contributed by atoms with van der Waals surface area (Å²) in [6.07, 6.45) is 5.87. The van der Waals surface area contributed by atoms with Gasteiger partial charge in [0.1, 0.15) is 0 Å². The fourth-order valence-corrected chi connectivity index (χ4v) is 1.39. The third-order valence-corrected chi connectivity index (χ3v) is 2.17. The van der Waals surface area contributed by atoms with E-state index >= 15 is 0 Å². The van der Waals surface area contributed by atoms with Crippen molar-refractivity contribution in [1.82, 2.24) is 4.98 Å². The third-order valence-electron chi connectivity index (χ3n) is 2.17. The zero-order valence-electron chi connectivity index (χ0n) is 9.01. The van der Waals surface area contributed by atoms with Gasteiger partial charge in [0.2, 0.25) is 0 Å². The number of para-hydroxylation sites is 1. The smallest absolute Gasteiger partial charge is 0.0627 e. The maximum Gasteiger partial charge on any atom is 0.0627 e. The van der Waals surface area contributed by atoms with Crippen molar-refractivity contribution in [3.8, 4) is 0 Å². The molecule has 0 radical (unpaired) electrons. The number of nitrogens with one attached hydrogen (secondary N) is 1. The van der Waals surface area contributed by atoms with Crippen molar-refractivity contribution in [1.29, 1.82) is 0 Å². The van der Waals surface area contributed by atoms with Crippen molar-refractivity contribution in [2.24, 2.45) is 0 Å². The van der Waals surface area contributed by atoms with E-state index in [-0.39, 0.29) is 0 Å². The van der Waals surface area contributed by atoms with E-state index in [1.54, 1.807) is 6.20 Å². The summed E-state index contributed by atoms with van der Waals surface area (Å²) in [4.78, 5) is 4.21. The van der Waals surface area contributed by atoms with Crippen molar-refractivity contribution in [2.75, 3.05) is 11.9 Å². The second-order valence-electron chi connectivity index (χ2n) is 3.40. The molecule has 2 aromatic rings. The highest BCUT2D eigenvalue weighted by Gasteiger charge is 1.86. The van der Waals surface area contributed by atoms with Crippen LogP contribution < -0.4 is 5.32 Å². The van der Waals surface area contributed by atoms with Crippen LogP contribution in [0.4, 0.5) is 5.69 Å². The maximum atomic E-state index is 4.21. The van der Waals surface area contributed by atoms with Crippen LogP contribution in [0.2, 0.25) is 0 Å². The summed E-state index contributed by atoms with van der Waals surface area (Å²) in [6, 6.07) is 16.0. The Morgan fingerprint density at radius 1 is 1.00 bits per heavy atom. The molecule has 0 aliphatic rings. The molecule has 80 valence electrons. The predicted octanol–water partition coefficient (Wildman–Crippen LogP) is 3.21. The quantitative estimate of drug-likeness (QED) is 0.838. The van der Waals surface area contributed by atoms with Gasteiger partial charge in [-0.25, -0.2) is 0 Å². The van der Waals surface area contributed by atoms with Gasteiger partial charge in [0.25, 0.3) is 0 Å². The topological polar surface area (TPSA) is 24.9 Å². The fraction of sp³-hybridized carbons (Fsp3) is 0.0714. The highest BCUT2D eigenvalue weighted by molar-refractivity contribution is 5.47. The number of rotatable bonds is 4. The van der Waals surface area contributed by atoms with Crippen LogP contribution >= 0.6 is 0 Å². The number of nitrogens with zero attached hydrogens (tertiary/aromatic N) is 1. The summed E-state index contributed by atoms with van der Waals surface area (Å²) < 4.78 is 0. The van der Waals surface area contributed by atoms with Gasteiger partial charge in [-0.1, -0.05) is 30.3 Å². The van der Waals surface area contributed by atoms with Gasteiger partial charge in [-0.2, -0.15) is 0 Å². The molecule has 2 nitrogen and oxygen atoms in total. The predicted molar refractivity (Wildman–Crippen MR) is 68.2 cm³/mol. The van der Waals surface area contributed by atoms with Crippen molar-refractivity contribution in [3.05, 3.63) is 66.5 Å². The maximum absolute atomic E-state index is 4.21. The molecule has 1 heterocycles. The molecule has 16 heavy (non-hydrogen) atoms. The first kappa shape index (κ1) is 10.4. The summed E-state index contributed by atoms with van der Waals surface area (Å²) in [5, 5.41) is 3.30. The number of anilines is 1. The molecule has 0 aliphatic heterocycles. The first-order valence-corrected chi connectivity index (χ1v) is 5.31. The lowest BCUT2D eigenvalue weighted by atomic mass is 10.3. The zero-order valence-corrected chi connectivity index (χ0v) is 9.01. The van der Waals surface area contributed by atoms with E-state index in [1.807, 2.05) is 42.5 Å². The van der Waals surface area contributed by atoms with E-state index in [1.165, 1.54) is 0 Å². The van der Waals surface area contributed by atoms with Crippen LogP contribution in [-0.2, 0) is 0 Å². The molecule has 0 saturated heterocycles. The third kappa shape index (κ3) is 3.24. The Morgan fingerprint density at radius 3 is 2.56 bits per heavy atom. The number of benzene rings is 1. The van der Waals surface area contributed by atoms with Gasteiger partial charge in [0.15, 0.2) is 0 Å². The fourth-order valence-electron chi connectivity index (χ4n) is 1.39. The monoisotopic (exact) mass is 210 g/mol. The van der Waals surface area contributed by atoms with E-state index in [0.29, 0.717) is 0 Å². The van der Waals surface area contributed by atoms with E-state index < -0.39 is 0 Å². The molecule has 0 aliphatic carbocycles. The van der Waals surface area contributed by atoms with Crippen molar-refractivity contribution in [2.45, 2.75) is 0 Å². The first-order valence-electron chi connectivity index (χ1n) is 5.31. The van der Waals surface area contributed by atoms with Crippen LogP contribution in [0.1, 0.15) is 5.69 Å². The molecule has 0 saturated carbocycles. The van der Waals surface area contributed by atoms with Crippen LogP contribution in [0.15, 0.2) is 60.8 Å². The summed E-state index contributed by atoms with van der Waals surface area (Å²) in [5.74, 6) is 0. The largest absolute Gasteiger partial charge is 0.382 e. The van der Waals surface area contributed by atoms with E-state index in [9.17, 15) is 0 Å². The van der Waals surface area contributed by atoms with Crippen molar-refractivity contribution < 1.29 is 0 Å². The lowest BCUT2D eigenvalue weighted by Gasteiger charge is -2.01. The second-order valence-corrected chi connectivity index (χ2v) is 3.40. The van der Waals surface area contributed by atoms with E-state index in [4.69, 9.17) is 0 Å². The summed E-state index contributed by atoms with van der Waals surface area (Å²) in [7, 11) is 0. The summed E-state index contributed by atoms with van der Waals surface area (Å²) in [5.41, 5.74) is 2.12. The van der Waals surface area contributed by atoms with Gasteiger partial charge in [-0.05, 0) is 30.3 Å². The Labute approximate surface area is 95.7 Å². The molecular weight excluding hydrogens is 196 g/mol. The Morgan fingerprint density at radius 2 is 1.81 bits per heavy atom. The Bertz CT molecular complexity index is 435. The molecule has 1 aromatic carbocycles. The molecule has 0 bridgehead atoms. The molecule has 0 spiro atoms. The molecule has 0 atom stereocenters. The van der Waals surface area contributed by atoms with Crippen molar-refractivity contribution in [3.63, 3.8) is 0 Å². The zero-order chi connectivity index (χ0) is 11.1. The van der Waals surface area contributed by atoms with Crippen LogP contribution in [0.3, 0.4) is 0 Å². The average Bonchev–Trinajstić information content (AvgIpc) is 2.37. The lowest BCUT2D eigenvalue weighted by molar-refractivity contribution is 1.28. The van der Waals surface area contributed by atoms with Gasteiger partial charge in [0, 0.05) is 18.4 Å². The first-order chi connectivity index (χ1) is 7.95. The molecule has 1 aromatic heterocycles. The highest BCUT2D eigenvalue weighted by atomic mass is 14.8. The minimum atomic E-state index is 0.806. The molecule has 0 unspecified atom stereocenters. The number of pyridine rings is 1. The molecule has 2 heteroatoms. The average molecular weight is 210 g/mol. The SMILES string of the molecule is C(=Cc1ccccn1)CNc1ccccc1. The molecule has 0 fully saturated rings. The molecule has 0 amide bonds. The Hall–Kier alpha value is -2.09. The van der Waals surface area contributed by atoms with Crippen LogP contribution in [0.25, 0.3) is 6.08 Å². The molecular formula is C14H14N2. The minimum Gasteiger partial charge on any atom is -0.382 e. The summed E-state index contributed by atoms with van der Waals surface area (Å²) in [6.45, 7) is 0.806. The van der Waals surface area contributed by atoms with Gasteiger partial charge in [-0.3, -0.25) is 4.98 Å².